The Morgan fingerprint density at radius 3 is 2.47 bits per heavy atom. The number of hydrogen-bond donors (Lipinski definition) is 2. The Morgan fingerprint density at radius 1 is 1.16 bits per heavy atom. The molecule has 0 atom stereocenters. The van der Waals surface area contributed by atoms with Crippen LogP contribution in [-0.2, 0) is 10.2 Å². The minimum Gasteiger partial charge on any atom is -0.317 e. The van der Waals surface area contributed by atoms with E-state index in [9.17, 15) is 8.42 Å². The van der Waals surface area contributed by atoms with Gasteiger partial charge in [0.15, 0.2) is 0 Å². The molecular weight excluding hydrogens is 262 g/mol. The second-order valence-electron chi connectivity index (χ2n) is 5.38. The Hall–Kier alpha value is -0.170. The molecule has 0 aliphatic heterocycles. The quantitative estimate of drug-likeness (QED) is 0.633. The lowest BCUT2D eigenvalue weighted by atomic mass is 9.96. The molecule has 0 aromatic rings. The Morgan fingerprint density at radius 2 is 1.84 bits per heavy atom. The van der Waals surface area contributed by atoms with Gasteiger partial charge < -0.3 is 5.32 Å². The summed E-state index contributed by atoms with van der Waals surface area (Å²) in [5.74, 6) is 0. The molecule has 6 heteroatoms. The zero-order valence-electron chi connectivity index (χ0n) is 12.3. The zero-order valence-corrected chi connectivity index (χ0v) is 13.1. The first-order valence-corrected chi connectivity index (χ1v) is 8.94. The molecule has 0 unspecified atom stereocenters. The van der Waals surface area contributed by atoms with Gasteiger partial charge in [0.1, 0.15) is 0 Å². The summed E-state index contributed by atoms with van der Waals surface area (Å²) in [6.07, 6.45) is 7.42. The minimum atomic E-state index is -3.30. The van der Waals surface area contributed by atoms with Crippen molar-refractivity contribution in [2.24, 2.45) is 0 Å². The van der Waals surface area contributed by atoms with Gasteiger partial charge in [-0.3, -0.25) is 0 Å². The molecule has 0 aromatic carbocycles. The summed E-state index contributed by atoms with van der Waals surface area (Å²) in [6, 6.07) is 0.138. The molecule has 0 amide bonds. The highest BCUT2D eigenvalue weighted by atomic mass is 32.2. The normalized spacial score (nSPS) is 18.1. The van der Waals surface area contributed by atoms with Crippen LogP contribution in [0.25, 0.3) is 0 Å². The van der Waals surface area contributed by atoms with Gasteiger partial charge in [0, 0.05) is 19.6 Å². The van der Waals surface area contributed by atoms with Crippen LogP contribution in [0, 0.1) is 0 Å². The van der Waals surface area contributed by atoms with Crippen LogP contribution in [0.4, 0.5) is 0 Å². The Bertz CT molecular complexity index is 327. The summed E-state index contributed by atoms with van der Waals surface area (Å²) in [4.78, 5) is 0. The van der Waals surface area contributed by atoms with Crippen LogP contribution in [0.2, 0.25) is 0 Å². The molecule has 2 N–H and O–H groups in total. The Labute approximate surface area is 118 Å². The standard InChI is InChI=1S/C13H29N3O2S/c1-3-10-14-11-7-12-16(2)19(17,18)15-13-8-5-4-6-9-13/h13-15H,3-12H2,1-2H3. The molecule has 1 fully saturated rings. The lowest BCUT2D eigenvalue weighted by Crippen LogP contribution is -2.45. The average molecular weight is 291 g/mol. The first-order valence-electron chi connectivity index (χ1n) is 7.50. The number of rotatable bonds is 9. The van der Waals surface area contributed by atoms with E-state index in [2.05, 4.69) is 17.0 Å². The fraction of sp³-hybridized carbons (Fsp3) is 1.00. The molecular formula is C13H29N3O2S. The molecule has 0 aromatic heterocycles. The third-order valence-electron chi connectivity index (χ3n) is 3.58. The molecule has 0 heterocycles. The molecule has 114 valence electrons. The summed E-state index contributed by atoms with van der Waals surface area (Å²) < 4.78 is 28.5. The molecule has 1 saturated carbocycles. The van der Waals surface area contributed by atoms with Crippen molar-refractivity contribution in [3.8, 4) is 0 Å². The van der Waals surface area contributed by atoms with Crippen LogP contribution >= 0.6 is 0 Å². The van der Waals surface area contributed by atoms with E-state index in [1.165, 1.54) is 10.7 Å². The summed E-state index contributed by atoms with van der Waals surface area (Å²) in [7, 11) is -1.64. The Kier molecular flexibility index (Phi) is 7.90. The van der Waals surface area contributed by atoms with Crippen molar-refractivity contribution in [1.82, 2.24) is 14.3 Å². The van der Waals surface area contributed by atoms with Gasteiger partial charge in [-0.25, -0.2) is 0 Å². The summed E-state index contributed by atoms with van der Waals surface area (Å²) in [5, 5.41) is 3.28. The lowest BCUT2D eigenvalue weighted by Gasteiger charge is -2.25. The zero-order chi connectivity index (χ0) is 14.1. The molecule has 1 aliphatic carbocycles. The molecule has 0 spiro atoms. The van der Waals surface area contributed by atoms with E-state index in [4.69, 9.17) is 0 Å². The first kappa shape index (κ1) is 16.9. The van der Waals surface area contributed by atoms with Gasteiger partial charge in [-0.1, -0.05) is 26.2 Å². The predicted octanol–water partition coefficient (Wildman–Crippen LogP) is 1.47. The summed E-state index contributed by atoms with van der Waals surface area (Å²) in [5.41, 5.74) is 0. The molecule has 1 aliphatic rings. The van der Waals surface area contributed by atoms with Crippen LogP contribution in [-0.4, -0.2) is 45.4 Å². The maximum absolute atomic E-state index is 12.1. The molecule has 0 radical (unpaired) electrons. The highest BCUT2D eigenvalue weighted by Gasteiger charge is 2.23. The van der Waals surface area contributed by atoms with Gasteiger partial charge in [0.05, 0.1) is 0 Å². The van der Waals surface area contributed by atoms with E-state index in [0.29, 0.717) is 6.54 Å². The maximum atomic E-state index is 12.1. The molecule has 5 nitrogen and oxygen atoms in total. The summed E-state index contributed by atoms with van der Waals surface area (Å²) in [6.45, 7) is 4.56. The van der Waals surface area contributed by atoms with Crippen molar-refractivity contribution in [1.29, 1.82) is 0 Å². The highest BCUT2D eigenvalue weighted by Crippen LogP contribution is 2.18. The Balaban J connectivity index is 2.26. The van der Waals surface area contributed by atoms with E-state index >= 15 is 0 Å². The van der Waals surface area contributed by atoms with Gasteiger partial charge in [-0.15, -0.1) is 0 Å². The second kappa shape index (κ2) is 8.89. The van der Waals surface area contributed by atoms with Gasteiger partial charge >= 0.3 is 0 Å². The largest absolute Gasteiger partial charge is 0.317 e. The lowest BCUT2D eigenvalue weighted by molar-refractivity contribution is 0.388. The van der Waals surface area contributed by atoms with Crippen molar-refractivity contribution < 1.29 is 8.42 Å². The second-order valence-corrected chi connectivity index (χ2v) is 7.19. The van der Waals surface area contributed by atoms with E-state index < -0.39 is 10.2 Å². The molecule has 19 heavy (non-hydrogen) atoms. The van der Waals surface area contributed by atoms with Crippen molar-refractivity contribution in [2.75, 3.05) is 26.7 Å². The average Bonchev–Trinajstić information content (AvgIpc) is 2.39. The van der Waals surface area contributed by atoms with Crippen LogP contribution in [0.1, 0.15) is 51.9 Å². The van der Waals surface area contributed by atoms with E-state index in [1.54, 1.807) is 7.05 Å². The first-order chi connectivity index (χ1) is 9.06. The van der Waals surface area contributed by atoms with Crippen LogP contribution < -0.4 is 10.0 Å². The number of hydrogen-bond acceptors (Lipinski definition) is 3. The van der Waals surface area contributed by atoms with Gasteiger partial charge in [0.2, 0.25) is 0 Å². The SMILES string of the molecule is CCCNCCCN(C)S(=O)(=O)NC1CCCCC1. The third kappa shape index (κ3) is 6.70. The van der Waals surface area contributed by atoms with Crippen LogP contribution in [0.3, 0.4) is 0 Å². The highest BCUT2D eigenvalue weighted by molar-refractivity contribution is 7.87. The molecule has 0 saturated heterocycles. The minimum absolute atomic E-state index is 0.138. The van der Waals surface area contributed by atoms with Crippen LogP contribution in [0.15, 0.2) is 0 Å². The van der Waals surface area contributed by atoms with Gasteiger partial charge in [-0.05, 0) is 38.8 Å². The van der Waals surface area contributed by atoms with Crippen LogP contribution in [0.5, 0.6) is 0 Å². The van der Waals surface area contributed by atoms with Crippen molar-refractivity contribution in [2.45, 2.75) is 57.9 Å². The fourth-order valence-corrected chi connectivity index (χ4v) is 3.58. The maximum Gasteiger partial charge on any atom is 0.279 e. The van der Waals surface area contributed by atoms with Gasteiger partial charge in [-0.2, -0.15) is 17.4 Å². The predicted molar refractivity (Wildman–Crippen MR) is 79.3 cm³/mol. The van der Waals surface area contributed by atoms with E-state index in [1.807, 2.05) is 0 Å². The molecule has 1 rings (SSSR count). The van der Waals surface area contributed by atoms with E-state index in [-0.39, 0.29) is 6.04 Å². The van der Waals surface area contributed by atoms with Crippen molar-refractivity contribution >= 4 is 10.2 Å². The number of nitrogens with zero attached hydrogens (tertiary/aromatic N) is 1. The van der Waals surface area contributed by atoms with E-state index in [0.717, 1.165) is 51.6 Å². The summed E-state index contributed by atoms with van der Waals surface area (Å²) >= 11 is 0. The fourth-order valence-electron chi connectivity index (χ4n) is 2.37. The molecule has 0 bridgehead atoms. The van der Waals surface area contributed by atoms with Crippen molar-refractivity contribution in [3.63, 3.8) is 0 Å². The third-order valence-corrected chi connectivity index (χ3v) is 5.22. The monoisotopic (exact) mass is 291 g/mol. The smallest absolute Gasteiger partial charge is 0.279 e. The topological polar surface area (TPSA) is 61.4 Å². The number of nitrogens with one attached hydrogen (secondary N) is 2. The van der Waals surface area contributed by atoms with Gasteiger partial charge in [0.25, 0.3) is 10.2 Å². The van der Waals surface area contributed by atoms with Crippen molar-refractivity contribution in [3.05, 3.63) is 0 Å².